The van der Waals surface area contributed by atoms with Crippen molar-refractivity contribution in [1.82, 2.24) is 4.90 Å². The minimum atomic E-state index is -3.82. The highest BCUT2D eigenvalue weighted by Gasteiger charge is 2.22. The van der Waals surface area contributed by atoms with Crippen LogP contribution < -0.4 is 14.4 Å². The standard InChI is InChI=1S/C25H26FN3O4S/c1-33-23-4-2-3-22(18-23)28-13-15-29(16-14-28)25(30)17-19-5-9-21(10-6-19)27-34(31,32)24-11-7-20(26)8-12-24/h2-12,18,27H,13-17H2,1H3. The van der Waals surface area contributed by atoms with E-state index in [0.717, 1.165) is 42.2 Å². The Morgan fingerprint density at radius 3 is 2.29 bits per heavy atom. The van der Waals surface area contributed by atoms with Crippen molar-refractivity contribution in [2.24, 2.45) is 0 Å². The lowest BCUT2D eigenvalue weighted by molar-refractivity contribution is -0.130. The predicted molar refractivity (Wildman–Crippen MR) is 129 cm³/mol. The summed E-state index contributed by atoms with van der Waals surface area (Å²) in [6.07, 6.45) is 0.240. The first-order valence-corrected chi connectivity index (χ1v) is 12.4. The highest BCUT2D eigenvalue weighted by atomic mass is 32.2. The summed E-state index contributed by atoms with van der Waals surface area (Å²) >= 11 is 0. The third-order valence-electron chi connectivity index (χ3n) is 5.74. The van der Waals surface area contributed by atoms with Gasteiger partial charge in [0, 0.05) is 43.6 Å². The molecule has 1 amide bonds. The smallest absolute Gasteiger partial charge is 0.261 e. The summed E-state index contributed by atoms with van der Waals surface area (Å²) in [4.78, 5) is 16.8. The Bertz CT molecular complexity index is 1240. The third-order valence-corrected chi connectivity index (χ3v) is 7.13. The molecule has 1 saturated heterocycles. The van der Waals surface area contributed by atoms with Gasteiger partial charge in [-0.1, -0.05) is 18.2 Å². The molecule has 0 bridgehead atoms. The molecule has 178 valence electrons. The van der Waals surface area contributed by atoms with Gasteiger partial charge in [0.05, 0.1) is 18.4 Å². The number of nitrogens with zero attached hydrogens (tertiary/aromatic N) is 2. The number of sulfonamides is 1. The van der Waals surface area contributed by atoms with Crippen molar-refractivity contribution < 1.29 is 22.3 Å². The topological polar surface area (TPSA) is 79.0 Å². The Morgan fingerprint density at radius 1 is 0.971 bits per heavy atom. The Balaban J connectivity index is 1.31. The lowest BCUT2D eigenvalue weighted by Gasteiger charge is -2.36. The summed E-state index contributed by atoms with van der Waals surface area (Å²) in [6, 6.07) is 19.2. The van der Waals surface area contributed by atoms with Gasteiger partial charge in [0.25, 0.3) is 10.0 Å². The molecule has 1 aliphatic heterocycles. The fourth-order valence-electron chi connectivity index (χ4n) is 3.83. The zero-order valence-electron chi connectivity index (χ0n) is 18.8. The van der Waals surface area contributed by atoms with Crippen LogP contribution in [0.15, 0.2) is 77.7 Å². The largest absolute Gasteiger partial charge is 0.497 e. The summed E-state index contributed by atoms with van der Waals surface area (Å²) in [6.45, 7) is 2.74. The number of nitrogens with one attached hydrogen (secondary N) is 1. The van der Waals surface area contributed by atoms with Crippen molar-refractivity contribution in [2.45, 2.75) is 11.3 Å². The van der Waals surface area contributed by atoms with E-state index in [2.05, 4.69) is 9.62 Å². The number of hydrogen-bond donors (Lipinski definition) is 1. The minimum absolute atomic E-state index is 0.0266. The number of halogens is 1. The van der Waals surface area contributed by atoms with Crippen LogP contribution in [0, 0.1) is 5.82 Å². The average molecular weight is 484 g/mol. The SMILES string of the molecule is COc1cccc(N2CCN(C(=O)Cc3ccc(NS(=O)(=O)c4ccc(F)cc4)cc3)CC2)c1. The maximum Gasteiger partial charge on any atom is 0.261 e. The lowest BCUT2D eigenvalue weighted by Crippen LogP contribution is -2.49. The van der Waals surface area contributed by atoms with Gasteiger partial charge >= 0.3 is 0 Å². The van der Waals surface area contributed by atoms with Gasteiger partial charge in [-0.25, -0.2) is 12.8 Å². The van der Waals surface area contributed by atoms with E-state index in [1.54, 1.807) is 31.4 Å². The number of ether oxygens (including phenoxy) is 1. The van der Waals surface area contributed by atoms with Crippen molar-refractivity contribution >= 4 is 27.3 Å². The molecule has 0 aliphatic carbocycles. The Labute approximate surface area is 198 Å². The van der Waals surface area contributed by atoms with Crippen LogP contribution in [0.4, 0.5) is 15.8 Å². The molecular weight excluding hydrogens is 457 g/mol. The van der Waals surface area contributed by atoms with Crippen LogP contribution in [0.3, 0.4) is 0 Å². The van der Waals surface area contributed by atoms with Crippen LogP contribution >= 0.6 is 0 Å². The molecule has 0 atom stereocenters. The van der Waals surface area contributed by atoms with Crippen molar-refractivity contribution in [2.75, 3.05) is 42.9 Å². The van der Waals surface area contributed by atoms with E-state index in [1.807, 2.05) is 29.2 Å². The van der Waals surface area contributed by atoms with Gasteiger partial charge in [0.2, 0.25) is 5.91 Å². The molecule has 7 nitrogen and oxygen atoms in total. The molecule has 0 unspecified atom stereocenters. The number of benzene rings is 3. The lowest BCUT2D eigenvalue weighted by atomic mass is 10.1. The predicted octanol–water partition coefficient (Wildman–Crippen LogP) is 3.53. The molecule has 1 heterocycles. The van der Waals surface area contributed by atoms with Crippen LogP contribution in [-0.4, -0.2) is 52.5 Å². The normalized spacial score (nSPS) is 14.1. The van der Waals surface area contributed by atoms with Gasteiger partial charge in [0.15, 0.2) is 0 Å². The molecule has 9 heteroatoms. The van der Waals surface area contributed by atoms with Gasteiger partial charge in [-0.05, 0) is 54.1 Å². The fourth-order valence-corrected chi connectivity index (χ4v) is 4.88. The van der Waals surface area contributed by atoms with Gasteiger partial charge in [-0.15, -0.1) is 0 Å². The Kier molecular flexibility index (Phi) is 7.02. The van der Waals surface area contributed by atoms with Crippen molar-refractivity contribution in [3.63, 3.8) is 0 Å². The molecule has 1 fully saturated rings. The molecule has 4 rings (SSSR count). The van der Waals surface area contributed by atoms with Crippen molar-refractivity contribution in [1.29, 1.82) is 0 Å². The maximum absolute atomic E-state index is 13.1. The molecule has 1 N–H and O–H groups in total. The van der Waals surface area contributed by atoms with E-state index in [9.17, 15) is 17.6 Å². The molecule has 0 spiro atoms. The molecule has 3 aromatic rings. The maximum atomic E-state index is 13.1. The summed E-state index contributed by atoms with van der Waals surface area (Å²) in [5.74, 6) is 0.332. The monoisotopic (exact) mass is 483 g/mol. The molecule has 3 aromatic carbocycles. The molecule has 1 aliphatic rings. The number of amides is 1. The van der Waals surface area contributed by atoms with Gasteiger partial charge in [0.1, 0.15) is 11.6 Å². The number of rotatable bonds is 7. The quantitative estimate of drug-likeness (QED) is 0.556. The van der Waals surface area contributed by atoms with Crippen molar-refractivity contribution in [3.8, 4) is 5.75 Å². The number of methoxy groups -OCH3 is 1. The second kappa shape index (κ2) is 10.1. The fraction of sp³-hybridized carbons (Fsp3) is 0.240. The Hall–Kier alpha value is -3.59. The summed E-state index contributed by atoms with van der Waals surface area (Å²) < 4.78 is 45.7. The van der Waals surface area contributed by atoms with E-state index in [4.69, 9.17) is 4.74 Å². The van der Waals surface area contributed by atoms with E-state index < -0.39 is 15.8 Å². The molecule has 34 heavy (non-hydrogen) atoms. The molecule has 0 radical (unpaired) electrons. The first-order chi connectivity index (χ1) is 16.3. The Morgan fingerprint density at radius 2 is 1.65 bits per heavy atom. The average Bonchev–Trinajstić information content (AvgIpc) is 2.85. The number of hydrogen-bond acceptors (Lipinski definition) is 5. The minimum Gasteiger partial charge on any atom is -0.497 e. The molecular formula is C25H26FN3O4S. The van der Waals surface area contributed by atoms with Gasteiger partial charge in [-0.2, -0.15) is 0 Å². The van der Waals surface area contributed by atoms with Crippen LogP contribution in [0.25, 0.3) is 0 Å². The van der Waals surface area contributed by atoms with E-state index >= 15 is 0 Å². The number of carbonyl (C=O) groups is 1. The highest BCUT2D eigenvalue weighted by Crippen LogP contribution is 2.22. The number of carbonyl (C=O) groups excluding carboxylic acids is 1. The zero-order valence-corrected chi connectivity index (χ0v) is 19.6. The first kappa shape index (κ1) is 23.6. The van der Waals surface area contributed by atoms with E-state index in [0.29, 0.717) is 18.8 Å². The number of piperazine rings is 1. The van der Waals surface area contributed by atoms with Gasteiger partial charge in [-0.3, -0.25) is 9.52 Å². The van der Waals surface area contributed by atoms with E-state index in [-0.39, 0.29) is 17.2 Å². The molecule has 0 aromatic heterocycles. The summed E-state index contributed by atoms with van der Waals surface area (Å²) in [5.41, 5.74) is 2.24. The van der Waals surface area contributed by atoms with Crippen LogP contribution in [-0.2, 0) is 21.2 Å². The number of anilines is 2. The zero-order chi connectivity index (χ0) is 24.1. The van der Waals surface area contributed by atoms with Crippen LogP contribution in [0.2, 0.25) is 0 Å². The second-order valence-corrected chi connectivity index (χ2v) is 9.68. The second-order valence-electron chi connectivity index (χ2n) is 8.00. The van der Waals surface area contributed by atoms with Crippen LogP contribution in [0.5, 0.6) is 5.75 Å². The summed E-state index contributed by atoms with van der Waals surface area (Å²) in [5, 5.41) is 0. The van der Waals surface area contributed by atoms with Gasteiger partial charge < -0.3 is 14.5 Å². The van der Waals surface area contributed by atoms with Crippen molar-refractivity contribution in [3.05, 3.63) is 84.2 Å². The molecule has 0 saturated carbocycles. The summed E-state index contributed by atoms with van der Waals surface area (Å²) in [7, 11) is -2.18. The highest BCUT2D eigenvalue weighted by molar-refractivity contribution is 7.92. The van der Waals surface area contributed by atoms with E-state index in [1.165, 1.54) is 12.1 Å². The van der Waals surface area contributed by atoms with Crippen LogP contribution in [0.1, 0.15) is 5.56 Å². The third kappa shape index (κ3) is 5.66. The first-order valence-electron chi connectivity index (χ1n) is 10.9.